The number of esters is 1. The molecular formula is C20H21FO3. The summed E-state index contributed by atoms with van der Waals surface area (Å²) in [6, 6.07) is 10.3. The van der Waals surface area contributed by atoms with Crippen LogP contribution in [0.1, 0.15) is 42.0 Å². The number of methoxy groups -OCH3 is 1. The van der Waals surface area contributed by atoms with Gasteiger partial charge in [-0.15, -0.1) is 0 Å². The second kappa shape index (κ2) is 6.63. The molecule has 0 aromatic heterocycles. The predicted molar refractivity (Wildman–Crippen MR) is 89.9 cm³/mol. The molecule has 0 heterocycles. The van der Waals surface area contributed by atoms with Crippen LogP contribution in [0.25, 0.3) is 0 Å². The molecule has 0 saturated carbocycles. The molecule has 3 rings (SSSR count). The Kier molecular flexibility index (Phi) is 4.56. The number of hydrogen-bond acceptors (Lipinski definition) is 3. The normalized spacial score (nSPS) is 16.1. The van der Waals surface area contributed by atoms with E-state index in [2.05, 4.69) is 0 Å². The first-order valence-corrected chi connectivity index (χ1v) is 8.15. The van der Waals surface area contributed by atoms with Crippen LogP contribution < -0.4 is 4.74 Å². The van der Waals surface area contributed by atoms with E-state index in [1.165, 1.54) is 12.1 Å². The van der Waals surface area contributed by atoms with Crippen LogP contribution in [0.4, 0.5) is 4.39 Å². The van der Waals surface area contributed by atoms with E-state index in [1.807, 2.05) is 32.0 Å². The fraction of sp³-hybridized carbons (Fsp3) is 0.350. The van der Waals surface area contributed by atoms with Gasteiger partial charge in [0.25, 0.3) is 0 Å². The number of ether oxygens (including phenoxy) is 2. The molecule has 0 radical (unpaired) electrons. The van der Waals surface area contributed by atoms with Gasteiger partial charge in [-0.3, -0.25) is 4.79 Å². The van der Waals surface area contributed by atoms with Crippen LogP contribution in [-0.4, -0.2) is 19.2 Å². The molecule has 0 saturated heterocycles. The summed E-state index contributed by atoms with van der Waals surface area (Å²) < 4.78 is 24.5. The average molecular weight is 328 g/mol. The third kappa shape index (κ3) is 3.14. The van der Waals surface area contributed by atoms with Crippen LogP contribution in [0.2, 0.25) is 0 Å². The van der Waals surface area contributed by atoms with Gasteiger partial charge in [-0.2, -0.15) is 0 Å². The minimum Gasteiger partial charge on any atom is -0.497 e. The molecule has 1 aliphatic carbocycles. The number of aryl methyl sites for hydroxylation is 2. The zero-order valence-electron chi connectivity index (χ0n) is 14.1. The fourth-order valence-corrected chi connectivity index (χ4v) is 3.27. The van der Waals surface area contributed by atoms with Crippen molar-refractivity contribution in [3.8, 4) is 5.75 Å². The van der Waals surface area contributed by atoms with Crippen molar-refractivity contribution in [2.75, 3.05) is 7.11 Å². The highest BCUT2D eigenvalue weighted by atomic mass is 19.1. The number of carbonyl (C=O) groups excluding carboxylic acids is 1. The molecule has 1 aliphatic rings. The second-order valence-corrected chi connectivity index (χ2v) is 6.33. The number of halogens is 1. The summed E-state index contributed by atoms with van der Waals surface area (Å²) in [6.45, 7) is 3.66. The van der Waals surface area contributed by atoms with Gasteiger partial charge in [-0.05, 0) is 73.2 Å². The van der Waals surface area contributed by atoms with Crippen molar-refractivity contribution >= 4 is 5.97 Å². The van der Waals surface area contributed by atoms with E-state index < -0.39 is 5.92 Å². The maximum atomic E-state index is 13.7. The Hall–Kier alpha value is -2.36. The zero-order valence-corrected chi connectivity index (χ0v) is 14.1. The monoisotopic (exact) mass is 328 g/mol. The van der Waals surface area contributed by atoms with Crippen LogP contribution in [-0.2, 0) is 22.4 Å². The molecule has 3 nitrogen and oxygen atoms in total. The second-order valence-electron chi connectivity index (χ2n) is 6.33. The molecular weight excluding hydrogens is 307 g/mol. The molecule has 0 N–H and O–H groups in total. The van der Waals surface area contributed by atoms with Crippen molar-refractivity contribution in [1.29, 1.82) is 0 Å². The molecule has 126 valence electrons. The van der Waals surface area contributed by atoms with Crippen molar-refractivity contribution in [3.05, 3.63) is 64.5 Å². The molecule has 2 aromatic rings. The predicted octanol–water partition coefficient (Wildman–Crippen LogP) is 4.02. The van der Waals surface area contributed by atoms with Crippen molar-refractivity contribution in [3.63, 3.8) is 0 Å². The van der Waals surface area contributed by atoms with Crippen LogP contribution in [0, 0.1) is 5.82 Å². The largest absolute Gasteiger partial charge is 0.497 e. The van der Waals surface area contributed by atoms with Crippen molar-refractivity contribution in [2.24, 2.45) is 0 Å². The molecule has 1 atom stereocenters. The van der Waals surface area contributed by atoms with Crippen LogP contribution >= 0.6 is 0 Å². The molecule has 1 unspecified atom stereocenters. The number of rotatable bonds is 3. The first-order chi connectivity index (χ1) is 11.5. The highest BCUT2D eigenvalue weighted by Crippen LogP contribution is 2.37. The summed E-state index contributed by atoms with van der Waals surface area (Å²) in [4.78, 5) is 12.8. The van der Waals surface area contributed by atoms with E-state index in [9.17, 15) is 9.18 Å². The summed E-state index contributed by atoms with van der Waals surface area (Å²) >= 11 is 0. The standard InChI is InChI=1S/C20H21FO3/c1-12(2)24-20(22)19-17-8-6-15(21)10-13(17)4-5-14-11-16(23-3)7-9-18(14)19/h6-12,19H,4-5H2,1-3H3. The summed E-state index contributed by atoms with van der Waals surface area (Å²) in [5, 5.41) is 0. The Morgan fingerprint density at radius 2 is 1.71 bits per heavy atom. The first-order valence-electron chi connectivity index (χ1n) is 8.15. The van der Waals surface area contributed by atoms with Gasteiger partial charge in [0, 0.05) is 0 Å². The average Bonchev–Trinajstić information content (AvgIpc) is 2.70. The van der Waals surface area contributed by atoms with Crippen molar-refractivity contribution in [2.45, 2.75) is 38.7 Å². The van der Waals surface area contributed by atoms with Crippen molar-refractivity contribution in [1.82, 2.24) is 0 Å². The quantitative estimate of drug-likeness (QED) is 0.799. The van der Waals surface area contributed by atoms with Gasteiger partial charge in [-0.1, -0.05) is 12.1 Å². The smallest absolute Gasteiger partial charge is 0.318 e. The molecule has 0 fully saturated rings. The molecule has 0 bridgehead atoms. The number of fused-ring (bicyclic) bond motifs is 2. The molecule has 0 amide bonds. The highest BCUT2D eigenvalue weighted by molar-refractivity contribution is 5.84. The summed E-state index contributed by atoms with van der Waals surface area (Å²) in [6.07, 6.45) is 1.21. The van der Waals surface area contributed by atoms with E-state index in [-0.39, 0.29) is 17.9 Å². The van der Waals surface area contributed by atoms with Gasteiger partial charge in [0.15, 0.2) is 0 Å². The Balaban J connectivity index is 2.14. The zero-order chi connectivity index (χ0) is 17.3. The lowest BCUT2D eigenvalue weighted by Gasteiger charge is -2.21. The number of hydrogen-bond donors (Lipinski definition) is 0. The molecule has 24 heavy (non-hydrogen) atoms. The SMILES string of the molecule is COc1ccc2c(c1)CCc1cc(F)ccc1C2C(=O)OC(C)C. The molecule has 4 heteroatoms. The third-order valence-corrected chi connectivity index (χ3v) is 4.33. The lowest BCUT2D eigenvalue weighted by atomic mass is 9.88. The van der Waals surface area contributed by atoms with E-state index in [0.717, 1.165) is 34.4 Å². The van der Waals surface area contributed by atoms with Gasteiger partial charge >= 0.3 is 5.97 Å². The van der Waals surface area contributed by atoms with E-state index in [4.69, 9.17) is 9.47 Å². The van der Waals surface area contributed by atoms with Gasteiger partial charge in [0.05, 0.1) is 13.2 Å². The lowest BCUT2D eigenvalue weighted by molar-refractivity contribution is -0.148. The molecule has 0 spiro atoms. The minimum absolute atomic E-state index is 0.202. The van der Waals surface area contributed by atoms with Gasteiger partial charge in [-0.25, -0.2) is 4.39 Å². The van der Waals surface area contributed by atoms with E-state index >= 15 is 0 Å². The maximum Gasteiger partial charge on any atom is 0.318 e. The Morgan fingerprint density at radius 3 is 2.33 bits per heavy atom. The van der Waals surface area contributed by atoms with Gasteiger partial charge < -0.3 is 9.47 Å². The van der Waals surface area contributed by atoms with Gasteiger partial charge in [0.2, 0.25) is 0 Å². The summed E-state index contributed by atoms with van der Waals surface area (Å²) in [5.74, 6) is -0.368. The first kappa shape index (κ1) is 16.5. The summed E-state index contributed by atoms with van der Waals surface area (Å²) in [5.41, 5.74) is 3.63. The van der Waals surface area contributed by atoms with Gasteiger partial charge in [0.1, 0.15) is 17.5 Å². The topological polar surface area (TPSA) is 35.5 Å². The molecule has 0 aliphatic heterocycles. The Bertz CT molecular complexity index is 767. The number of carbonyl (C=O) groups is 1. The van der Waals surface area contributed by atoms with Crippen LogP contribution in [0.15, 0.2) is 36.4 Å². The third-order valence-electron chi connectivity index (χ3n) is 4.33. The Morgan fingerprint density at radius 1 is 1.08 bits per heavy atom. The van der Waals surface area contributed by atoms with Crippen LogP contribution in [0.5, 0.6) is 5.75 Å². The Labute approximate surface area is 141 Å². The highest BCUT2D eigenvalue weighted by Gasteiger charge is 2.31. The maximum absolute atomic E-state index is 13.7. The molecule has 2 aromatic carbocycles. The summed E-state index contributed by atoms with van der Waals surface area (Å²) in [7, 11) is 1.62. The van der Waals surface area contributed by atoms with E-state index in [0.29, 0.717) is 6.42 Å². The fourth-order valence-electron chi connectivity index (χ4n) is 3.27. The lowest BCUT2D eigenvalue weighted by Crippen LogP contribution is -2.21. The minimum atomic E-state index is -0.536. The van der Waals surface area contributed by atoms with Crippen molar-refractivity contribution < 1.29 is 18.7 Å². The van der Waals surface area contributed by atoms with Crippen LogP contribution in [0.3, 0.4) is 0 Å². The van der Waals surface area contributed by atoms with E-state index in [1.54, 1.807) is 13.2 Å². The number of benzene rings is 2.